The van der Waals surface area contributed by atoms with Crippen molar-refractivity contribution in [2.45, 2.75) is 19.3 Å². The van der Waals surface area contributed by atoms with Crippen molar-refractivity contribution in [3.05, 3.63) is 28.7 Å². The number of rotatable bonds is 8. The van der Waals surface area contributed by atoms with E-state index in [9.17, 15) is 4.79 Å². The Bertz CT molecular complexity index is 505. The first-order valence-electron chi connectivity index (χ1n) is 7.99. The summed E-state index contributed by atoms with van der Waals surface area (Å²) in [5.74, 6) is 0.778. The summed E-state index contributed by atoms with van der Waals surface area (Å²) in [6, 6.07) is 7.63. The van der Waals surface area contributed by atoms with E-state index in [-0.39, 0.29) is 23.7 Å². The van der Waals surface area contributed by atoms with Gasteiger partial charge in [-0.1, -0.05) is 12.1 Å². The normalized spacial score (nSPS) is 16.1. The van der Waals surface area contributed by atoms with Gasteiger partial charge < -0.3 is 20.1 Å². The van der Waals surface area contributed by atoms with Crippen LogP contribution >= 0.6 is 28.3 Å². The Kier molecular flexibility index (Phi) is 9.66. The number of piperidine rings is 1. The minimum absolute atomic E-state index is 0. The van der Waals surface area contributed by atoms with Crippen LogP contribution in [0.2, 0.25) is 0 Å². The van der Waals surface area contributed by atoms with Crippen molar-refractivity contribution in [2.75, 3.05) is 40.0 Å². The number of methoxy groups -OCH3 is 1. The second-order valence-electron chi connectivity index (χ2n) is 5.99. The van der Waals surface area contributed by atoms with Crippen LogP contribution in [-0.2, 0) is 9.53 Å². The van der Waals surface area contributed by atoms with Crippen molar-refractivity contribution in [1.82, 2.24) is 10.6 Å². The number of hydrogen-bond donors (Lipinski definition) is 2. The molecule has 1 heterocycles. The zero-order valence-corrected chi connectivity index (χ0v) is 16.4. The first-order valence-corrected chi connectivity index (χ1v) is 8.78. The van der Waals surface area contributed by atoms with Crippen molar-refractivity contribution >= 4 is 34.2 Å². The fourth-order valence-electron chi connectivity index (χ4n) is 2.83. The summed E-state index contributed by atoms with van der Waals surface area (Å²) >= 11 is 3.43. The fraction of sp³-hybridized carbons (Fsp3) is 0.588. The van der Waals surface area contributed by atoms with Gasteiger partial charge in [-0.05, 0) is 54.0 Å². The second kappa shape index (κ2) is 10.9. The first-order chi connectivity index (χ1) is 11.2. The molecule has 0 saturated carbocycles. The standard InChI is InChI=1S/C17H25BrN2O3.ClH/c1-22-13-17(7-9-19-10-8-17)12-20-16(21)6-11-23-15-5-3-2-4-14(15)18;/h2-5,19H,6-13H2,1H3,(H,20,21);1H. The van der Waals surface area contributed by atoms with Gasteiger partial charge in [0, 0.05) is 19.1 Å². The molecule has 1 saturated heterocycles. The molecular weight excluding hydrogens is 396 g/mol. The molecule has 0 atom stereocenters. The van der Waals surface area contributed by atoms with Gasteiger partial charge in [-0.15, -0.1) is 12.4 Å². The van der Waals surface area contributed by atoms with Gasteiger partial charge in [0.05, 0.1) is 24.1 Å². The molecule has 5 nitrogen and oxygen atoms in total. The Morgan fingerprint density at radius 3 is 2.71 bits per heavy atom. The van der Waals surface area contributed by atoms with Crippen molar-refractivity contribution in [2.24, 2.45) is 5.41 Å². The SMILES string of the molecule is COCC1(CNC(=O)CCOc2ccccc2Br)CCNCC1.Cl. The molecule has 1 fully saturated rings. The Morgan fingerprint density at radius 2 is 2.04 bits per heavy atom. The largest absolute Gasteiger partial charge is 0.492 e. The number of para-hydroxylation sites is 1. The number of carbonyl (C=O) groups is 1. The highest BCUT2D eigenvalue weighted by atomic mass is 79.9. The van der Waals surface area contributed by atoms with Gasteiger partial charge in [-0.2, -0.15) is 0 Å². The third-order valence-electron chi connectivity index (χ3n) is 4.20. The molecular formula is C17H26BrClN2O3. The van der Waals surface area contributed by atoms with Gasteiger partial charge in [0.2, 0.25) is 5.91 Å². The van der Waals surface area contributed by atoms with Crippen LogP contribution in [0.4, 0.5) is 0 Å². The smallest absolute Gasteiger partial charge is 0.223 e. The van der Waals surface area contributed by atoms with Crippen LogP contribution in [0.15, 0.2) is 28.7 Å². The number of ether oxygens (including phenoxy) is 2. The summed E-state index contributed by atoms with van der Waals surface area (Å²) in [6.07, 6.45) is 2.39. The molecule has 7 heteroatoms. The van der Waals surface area contributed by atoms with E-state index in [1.807, 2.05) is 24.3 Å². The van der Waals surface area contributed by atoms with Crippen LogP contribution < -0.4 is 15.4 Å². The molecule has 0 aromatic heterocycles. The average Bonchev–Trinajstić information content (AvgIpc) is 2.56. The van der Waals surface area contributed by atoms with Crippen LogP contribution in [0, 0.1) is 5.41 Å². The third kappa shape index (κ3) is 6.59. The monoisotopic (exact) mass is 420 g/mol. The van der Waals surface area contributed by atoms with E-state index in [0.29, 0.717) is 26.2 Å². The molecule has 1 aliphatic rings. The topological polar surface area (TPSA) is 59.6 Å². The predicted molar refractivity (Wildman–Crippen MR) is 101 cm³/mol. The highest BCUT2D eigenvalue weighted by Crippen LogP contribution is 2.28. The quantitative estimate of drug-likeness (QED) is 0.678. The number of hydrogen-bond acceptors (Lipinski definition) is 4. The molecule has 0 unspecified atom stereocenters. The molecule has 24 heavy (non-hydrogen) atoms. The zero-order valence-electron chi connectivity index (χ0n) is 14.0. The minimum Gasteiger partial charge on any atom is -0.492 e. The van der Waals surface area contributed by atoms with Gasteiger partial charge in [-0.3, -0.25) is 4.79 Å². The highest BCUT2D eigenvalue weighted by Gasteiger charge is 2.32. The minimum atomic E-state index is 0. The Hall–Kier alpha value is -0.820. The van der Waals surface area contributed by atoms with E-state index in [1.54, 1.807) is 7.11 Å². The molecule has 136 valence electrons. The highest BCUT2D eigenvalue weighted by molar-refractivity contribution is 9.10. The van der Waals surface area contributed by atoms with E-state index in [1.165, 1.54) is 0 Å². The fourth-order valence-corrected chi connectivity index (χ4v) is 3.22. The number of benzene rings is 1. The first kappa shape index (κ1) is 21.2. The molecule has 1 amide bonds. The lowest BCUT2D eigenvalue weighted by molar-refractivity contribution is -0.122. The zero-order chi connectivity index (χ0) is 16.5. The maximum Gasteiger partial charge on any atom is 0.223 e. The van der Waals surface area contributed by atoms with Crippen molar-refractivity contribution < 1.29 is 14.3 Å². The van der Waals surface area contributed by atoms with Crippen LogP contribution in [0.25, 0.3) is 0 Å². The molecule has 1 aromatic rings. The number of carbonyl (C=O) groups excluding carboxylic acids is 1. The molecule has 2 rings (SSSR count). The van der Waals surface area contributed by atoms with Gasteiger partial charge in [-0.25, -0.2) is 0 Å². The van der Waals surface area contributed by atoms with Crippen molar-refractivity contribution in [3.8, 4) is 5.75 Å². The lowest BCUT2D eigenvalue weighted by Gasteiger charge is -2.37. The van der Waals surface area contributed by atoms with E-state index in [4.69, 9.17) is 9.47 Å². The van der Waals surface area contributed by atoms with E-state index < -0.39 is 0 Å². The molecule has 0 spiro atoms. The Morgan fingerprint density at radius 1 is 1.33 bits per heavy atom. The van der Waals surface area contributed by atoms with Gasteiger partial charge in [0.1, 0.15) is 5.75 Å². The molecule has 1 aliphatic heterocycles. The summed E-state index contributed by atoms with van der Waals surface area (Å²) < 4.78 is 11.9. The Balaban J connectivity index is 0.00000288. The molecule has 0 radical (unpaired) electrons. The van der Waals surface area contributed by atoms with Crippen molar-refractivity contribution in [1.29, 1.82) is 0 Å². The van der Waals surface area contributed by atoms with Crippen LogP contribution in [0.3, 0.4) is 0 Å². The maximum atomic E-state index is 12.0. The van der Waals surface area contributed by atoms with E-state index >= 15 is 0 Å². The van der Waals surface area contributed by atoms with Gasteiger partial charge in [0.25, 0.3) is 0 Å². The average molecular weight is 422 g/mol. The summed E-state index contributed by atoms with van der Waals surface area (Å²) in [6.45, 7) is 3.67. The van der Waals surface area contributed by atoms with Gasteiger partial charge in [0.15, 0.2) is 0 Å². The Labute approximate surface area is 158 Å². The maximum absolute atomic E-state index is 12.0. The summed E-state index contributed by atoms with van der Waals surface area (Å²) in [5.41, 5.74) is 0.0545. The lowest BCUT2D eigenvalue weighted by atomic mass is 9.79. The molecule has 2 N–H and O–H groups in total. The summed E-state index contributed by atoms with van der Waals surface area (Å²) in [7, 11) is 1.72. The van der Waals surface area contributed by atoms with E-state index in [0.717, 1.165) is 36.2 Å². The summed E-state index contributed by atoms with van der Waals surface area (Å²) in [4.78, 5) is 12.0. The summed E-state index contributed by atoms with van der Waals surface area (Å²) in [5, 5.41) is 6.39. The number of amides is 1. The molecule has 0 aliphatic carbocycles. The number of halogens is 2. The second-order valence-corrected chi connectivity index (χ2v) is 6.84. The molecule has 1 aromatic carbocycles. The van der Waals surface area contributed by atoms with Crippen LogP contribution in [0.5, 0.6) is 5.75 Å². The molecule has 0 bridgehead atoms. The van der Waals surface area contributed by atoms with Crippen LogP contribution in [0.1, 0.15) is 19.3 Å². The predicted octanol–water partition coefficient (Wildman–Crippen LogP) is 2.77. The third-order valence-corrected chi connectivity index (χ3v) is 4.85. The van der Waals surface area contributed by atoms with Crippen LogP contribution in [-0.4, -0.2) is 45.9 Å². The lowest BCUT2D eigenvalue weighted by Crippen LogP contribution is -2.47. The van der Waals surface area contributed by atoms with Gasteiger partial charge >= 0.3 is 0 Å². The number of nitrogens with one attached hydrogen (secondary N) is 2. The van der Waals surface area contributed by atoms with E-state index in [2.05, 4.69) is 26.6 Å². The van der Waals surface area contributed by atoms with Crippen molar-refractivity contribution in [3.63, 3.8) is 0 Å².